The second-order valence-electron chi connectivity index (χ2n) is 6.97. The van der Waals surface area contributed by atoms with Crippen molar-refractivity contribution in [3.05, 3.63) is 71.3 Å². The zero-order valence-corrected chi connectivity index (χ0v) is 14.5. The summed E-state index contributed by atoms with van der Waals surface area (Å²) in [5.74, 6) is 0.0708. The Balaban J connectivity index is 1.64. The van der Waals surface area contributed by atoms with Crippen LogP contribution < -0.4 is 5.32 Å². The van der Waals surface area contributed by atoms with E-state index < -0.39 is 0 Å². The molecule has 126 valence electrons. The predicted molar refractivity (Wildman–Crippen MR) is 99.1 cm³/mol. The molecule has 24 heavy (non-hydrogen) atoms. The van der Waals surface area contributed by atoms with Crippen LogP contribution in [0.4, 0.5) is 0 Å². The standard InChI is InChI=1S/C22H27NO/c1-17(22(24)23-21-13-6-3-7-14-21)20-12-8-11-19(16-20)15-18-9-4-2-5-10-18/h2,4-5,8-12,16-17,21H,3,6-7,13-15H2,1H3,(H,23,24). The van der Waals surface area contributed by atoms with Crippen LogP contribution in [0.3, 0.4) is 0 Å². The Bertz CT molecular complexity index is 659. The number of carbonyl (C=O) groups excluding carboxylic acids is 1. The molecule has 0 heterocycles. The van der Waals surface area contributed by atoms with Gasteiger partial charge < -0.3 is 5.32 Å². The van der Waals surface area contributed by atoms with Crippen molar-refractivity contribution in [2.45, 2.75) is 57.4 Å². The van der Waals surface area contributed by atoms with Gasteiger partial charge in [0.1, 0.15) is 0 Å². The van der Waals surface area contributed by atoms with Gasteiger partial charge in [0, 0.05) is 6.04 Å². The molecule has 0 aliphatic heterocycles. The highest BCUT2D eigenvalue weighted by molar-refractivity contribution is 5.83. The number of hydrogen-bond acceptors (Lipinski definition) is 1. The van der Waals surface area contributed by atoms with E-state index in [0.29, 0.717) is 6.04 Å². The third kappa shape index (κ3) is 4.47. The van der Waals surface area contributed by atoms with E-state index in [9.17, 15) is 4.79 Å². The maximum atomic E-state index is 12.6. The van der Waals surface area contributed by atoms with Crippen LogP contribution in [-0.4, -0.2) is 11.9 Å². The smallest absolute Gasteiger partial charge is 0.227 e. The molecule has 0 spiro atoms. The molecule has 2 nitrogen and oxygen atoms in total. The van der Waals surface area contributed by atoms with Crippen molar-refractivity contribution < 1.29 is 4.79 Å². The van der Waals surface area contributed by atoms with Gasteiger partial charge in [-0.1, -0.05) is 73.9 Å². The Morgan fingerprint density at radius 2 is 1.71 bits per heavy atom. The second-order valence-corrected chi connectivity index (χ2v) is 6.97. The Labute approximate surface area is 145 Å². The fourth-order valence-electron chi connectivity index (χ4n) is 3.53. The molecule has 1 amide bonds. The monoisotopic (exact) mass is 321 g/mol. The molecule has 3 rings (SSSR count). The van der Waals surface area contributed by atoms with Gasteiger partial charge >= 0.3 is 0 Å². The molecular weight excluding hydrogens is 294 g/mol. The van der Waals surface area contributed by atoms with E-state index in [2.05, 4.69) is 53.8 Å². The largest absolute Gasteiger partial charge is 0.353 e. The minimum atomic E-state index is -0.0948. The summed E-state index contributed by atoms with van der Waals surface area (Å²) in [6, 6.07) is 19.3. The SMILES string of the molecule is CC(C(=O)NC1CCCCC1)c1cccc(Cc2ccccc2)c1. The van der Waals surface area contributed by atoms with E-state index >= 15 is 0 Å². The number of nitrogens with one attached hydrogen (secondary N) is 1. The van der Waals surface area contributed by atoms with E-state index in [1.54, 1.807) is 0 Å². The van der Waals surface area contributed by atoms with Gasteiger partial charge in [-0.3, -0.25) is 4.79 Å². The molecule has 2 aromatic carbocycles. The third-order valence-corrected chi connectivity index (χ3v) is 5.05. The van der Waals surface area contributed by atoms with E-state index in [1.165, 1.54) is 30.4 Å². The van der Waals surface area contributed by atoms with Crippen LogP contribution >= 0.6 is 0 Å². The van der Waals surface area contributed by atoms with Crippen molar-refractivity contribution in [1.82, 2.24) is 5.32 Å². The van der Waals surface area contributed by atoms with Crippen LogP contribution in [0.25, 0.3) is 0 Å². The van der Waals surface area contributed by atoms with Crippen molar-refractivity contribution in [3.63, 3.8) is 0 Å². The van der Waals surface area contributed by atoms with Crippen LogP contribution in [0.5, 0.6) is 0 Å². The quantitative estimate of drug-likeness (QED) is 0.839. The fraction of sp³-hybridized carbons (Fsp3) is 0.409. The first-order valence-corrected chi connectivity index (χ1v) is 9.15. The average Bonchev–Trinajstić information content (AvgIpc) is 2.63. The van der Waals surface area contributed by atoms with Crippen LogP contribution in [0, 0.1) is 0 Å². The molecule has 0 bridgehead atoms. The second kappa shape index (κ2) is 8.14. The van der Waals surface area contributed by atoms with Gasteiger partial charge in [0.15, 0.2) is 0 Å². The number of amides is 1. The lowest BCUT2D eigenvalue weighted by Crippen LogP contribution is -2.38. The van der Waals surface area contributed by atoms with E-state index in [0.717, 1.165) is 24.8 Å². The van der Waals surface area contributed by atoms with Crippen LogP contribution in [-0.2, 0) is 11.2 Å². The Hall–Kier alpha value is -2.09. The zero-order valence-electron chi connectivity index (χ0n) is 14.5. The summed E-state index contributed by atoms with van der Waals surface area (Å²) in [6.07, 6.45) is 6.96. The minimum Gasteiger partial charge on any atom is -0.353 e. The van der Waals surface area contributed by atoms with Gasteiger partial charge in [-0.2, -0.15) is 0 Å². The molecule has 1 unspecified atom stereocenters. The van der Waals surface area contributed by atoms with Gasteiger partial charge in [0.05, 0.1) is 5.92 Å². The van der Waals surface area contributed by atoms with Crippen molar-refractivity contribution in [2.24, 2.45) is 0 Å². The summed E-state index contributed by atoms with van der Waals surface area (Å²) in [4.78, 5) is 12.6. The fourth-order valence-corrected chi connectivity index (χ4v) is 3.53. The Kier molecular flexibility index (Phi) is 5.68. The van der Waals surface area contributed by atoms with Crippen molar-refractivity contribution >= 4 is 5.91 Å². The molecule has 1 saturated carbocycles. The van der Waals surface area contributed by atoms with E-state index in [1.807, 2.05) is 13.0 Å². The first-order valence-electron chi connectivity index (χ1n) is 9.15. The molecule has 2 heteroatoms. The highest BCUT2D eigenvalue weighted by Crippen LogP contribution is 2.21. The van der Waals surface area contributed by atoms with Crippen molar-refractivity contribution in [1.29, 1.82) is 0 Å². The van der Waals surface area contributed by atoms with E-state index in [-0.39, 0.29) is 11.8 Å². The van der Waals surface area contributed by atoms with Gasteiger partial charge in [-0.15, -0.1) is 0 Å². The molecule has 0 saturated heterocycles. The summed E-state index contributed by atoms with van der Waals surface area (Å²) in [5, 5.41) is 3.25. The predicted octanol–water partition coefficient (Wildman–Crippen LogP) is 4.83. The molecule has 0 radical (unpaired) electrons. The molecule has 1 fully saturated rings. The van der Waals surface area contributed by atoms with Crippen molar-refractivity contribution in [3.8, 4) is 0 Å². The number of rotatable bonds is 5. The van der Waals surface area contributed by atoms with Crippen molar-refractivity contribution in [2.75, 3.05) is 0 Å². The molecule has 1 N–H and O–H groups in total. The van der Waals surface area contributed by atoms with E-state index in [4.69, 9.17) is 0 Å². The van der Waals surface area contributed by atoms with Gasteiger partial charge in [0.25, 0.3) is 0 Å². The Morgan fingerprint density at radius 3 is 2.46 bits per heavy atom. The highest BCUT2D eigenvalue weighted by Gasteiger charge is 2.20. The minimum absolute atomic E-state index is 0.0948. The summed E-state index contributed by atoms with van der Waals surface area (Å²) in [7, 11) is 0. The van der Waals surface area contributed by atoms with Gasteiger partial charge in [-0.25, -0.2) is 0 Å². The summed E-state index contributed by atoms with van der Waals surface area (Å²) >= 11 is 0. The number of benzene rings is 2. The maximum Gasteiger partial charge on any atom is 0.227 e. The zero-order chi connectivity index (χ0) is 16.8. The molecular formula is C22H27NO. The van der Waals surface area contributed by atoms with Crippen LogP contribution in [0.2, 0.25) is 0 Å². The van der Waals surface area contributed by atoms with Gasteiger partial charge in [-0.05, 0) is 42.9 Å². The van der Waals surface area contributed by atoms with Crippen LogP contribution in [0.1, 0.15) is 61.6 Å². The lowest BCUT2D eigenvalue weighted by atomic mass is 9.93. The first kappa shape index (κ1) is 16.8. The molecule has 2 aromatic rings. The maximum absolute atomic E-state index is 12.6. The topological polar surface area (TPSA) is 29.1 Å². The number of carbonyl (C=O) groups is 1. The normalized spacial score (nSPS) is 16.5. The number of hydrogen-bond donors (Lipinski definition) is 1. The molecule has 1 aliphatic carbocycles. The Morgan fingerprint density at radius 1 is 1.00 bits per heavy atom. The average molecular weight is 321 g/mol. The molecule has 0 aromatic heterocycles. The molecule has 1 aliphatic rings. The first-order chi connectivity index (χ1) is 11.7. The lowest BCUT2D eigenvalue weighted by Gasteiger charge is -2.24. The van der Waals surface area contributed by atoms with Crippen LogP contribution in [0.15, 0.2) is 54.6 Å². The summed E-state index contributed by atoms with van der Waals surface area (Å²) in [6.45, 7) is 2.01. The third-order valence-electron chi connectivity index (χ3n) is 5.05. The lowest BCUT2D eigenvalue weighted by molar-refractivity contribution is -0.123. The molecule has 1 atom stereocenters. The highest BCUT2D eigenvalue weighted by atomic mass is 16.1. The van der Waals surface area contributed by atoms with Gasteiger partial charge in [0.2, 0.25) is 5.91 Å². The summed E-state index contributed by atoms with van der Waals surface area (Å²) < 4.78 is 0. The summed E-state index contributed by atoms with van der Waals surface area (Å²) in [5.41, 5.74) is 3.67.